The molecule has 0 aliphatic carbocycles. The molecule has 0 spiro atoms. The van der Waals surface area contributed by atoms with Gasteiger partial charge in [-0.1, -0.05) is 194 Å². The number of aliphatic hydroxyl groups is 2. The molecule has 0 saturated heterocycles. The third-order valence-electron chi connectivity index (χ3n) is 24.9. The first-order chi connectivity index (χ1) is 64.4. The number of halogens is 4. The van der Waals surface area contributed by atoms with Crippen LogP contribution >= 0.6 is 0 Å². The molecule has 20 aromatic carbocycles. The molecule has 8 nitrogen and oxygen atoms in total. The van der Waals surface area contributed by atoms with Crippen LogP contribution in [0.4, 0.5) is 17.6 Å². The van der Waals surface area contributed by atoms with Crippen LogP contribution in [0.5, 0.6) is 46.0 Å². The van der Waals surface area contributed by atoms with E-state index in [1.807, 2.05) is 201 Å². The van der Waals surface area contributed by atoms with Gasteiger partial charge in [0, 0.05) is 136 Å². The summed E-state index contributed by atoms with van der Waals surface area (Å²) in [5.74, 6) is 2.50. The average molecular weight is 1880 g/mol. The fraction of sp³-hybridized carbons (Fsp3) is 0.122. The maximum absolute atomic E-state index is 15.2. The Balaban J connectivity index is 0.000000197. The molecule has 0 aliphatic rings. The minimum Gasteiger partial charge on any atom is -0.580 e. The number of benzene rings is 20. The Kier molecular flexibility index (Phi) is 28.7. The molecule has 20 aromatic rings. The van der Waals surface area contributed by atoms with Gasteiger partial charge in [0.1, 0.15) is 64.2 Å². The quantitative estimate of drug-likeness (QED) is 0.0198. The van der Waals surface area contributed by atoms with E-state index in [-0.39, 0.29) is 76.3 Å². The second kappa shape index (κ2) is 40.9. The normalized spacial score (nSPS) is 12.0. The molecule has 0 aliphatic heterocycles. The van der Waals surface area contributed by atoms with Crippen molar-refractivity contribution < 1.29 is 83.1 Å². The topological polar surface area (TPSA) is 125 Å². The van der Waals surface area contributed by atoms with E-state index in [0.717, 1.165) is 131 Å². The summed E-state index contributed by atoms with van der Waals surface area (Å²) in [5, 5.41) is 65.3. The van der Waals surface area contributed by atoms with Crippen molar-refractivity contribution in [1.82, 2.24) is 0 Å². The van der Waals surface area contributed by atoms with Gasteiger partial charge in [0.2, 0.25) is 0 Å². The summed E-state index contributed by atoms with van der Waals surface area (Å²) in [5.41, 5.74) is 13.5. The molecular formula is C123H104F4O8Zr. The zero-order valence-electron chi connectivity index (χ0n) is 77.6. The Bertz CT molecular complexity index is 6880. The summed E-state index contributed by atoms with van der Waals surface area (Å²) < 4.78 is 84.3. The standard InChI is InChI=1S/2C59H46F2O4.C3H4.2CH3.Zr/c2*1-34-25-50(58(62)52(27-34)56-44-17-9-5-13-38(44)30-39-14-6-10-18-45(39)56)48-32-42(60)21-23-54(48)64-36(3)29-37(4)65-55-24-22-43(61)33-49(55)51-26-35(2)28-53(59(51)63)57-46-19-11-7-15-40(46)31-41-16-8-12-20-47(41)57;1-3-2;;;/h2*5-28,30-33,36-37,62-63H,29H2,1-4H3;1H,2H3;2*1H3;/q;;;2*-1;/p+2/t2*36-,37+;;;;. The molecule has 0 unspecified atom stereocenters. The zero-order chi connectivity index (χ0) is 92.6. The van der Waals surface area contributed by atoms with E-state index in [1.54, 1.807) is 31.2 Å². The van der Waals surface area contributed by atoms with Crippen molar-refractivity contribution in [3.8, 4) is 147 Å². The molecule has 0 bridgehead atoms. The van der Waals surface area contributed by atoms with Gasteiger partial charge in [-0.2, -0.15) is 0 Å². The molecular weight excluding hydrogens is 1770 g/mol. The van der Waals surface area contributed by atoms with Gasteiger partial charge in [0.15, 0.2) is 12.2 Å². The Hall–Kier alpha value is -15.0. The number of aromatic hydroxyl groups is 6. The Morgan fingerprint density at radius 3 is 0.706 bits per heavy atom. The second-order valence-electron chi connectivity index (χ2n) is 34.8. The van der Waals surface area contributed by atoms with Crippen molar-refractivity contribution >= 4 is 86.2 Å². The SMILES string of the molecule is C#CC.Cc1cc(-c2cc(F)ccc2O[C@H](C)C[C@H](C)Oc2ccc(F)cc2-c2cc(C)cc(-c3c4ccccc4cc4ccccc34)c2O)c(O)c(-c2c3ccccc3cc3ccccc23)c1.Cc1cc(-c2cc(F)ccc2[OH+][C@H](C)C[C@H](C)[OH+]c2ccc(F)cc2-c2cc(C)cc(-c3c4ccccc4cc4ccccc34)c2O)c(O)c(-c2c3ccccc3cc3ccccc23)c1.[CH3-].[CH3-].[Zr]. The van der Waals surface area contributed by atoms with Crippen LogP contribution in [0.2, 0.25) is 0 Å². The first-order valence-corrected chi connectivity index (χ1v) is 44.7. The van der Waals surface area contributed by atoms with Crippen molar-refractivity contribution in [2.75, 3.05) is 0 Å². The summed E-state index contributed by atoms with van der Waals surface area (Å²) >= 11 is 0. The third-order valence-corrected chi connectivity index (χ3v) is 24.9. The van der Waals surface area contributed by atoms with Gasteiger partial charge in [-0.3, -0.25) is 0 Å². The summed E-state index contributed by atoms with van der Waals surface area (Å²) in [6.45, 7) is 17.3. The van der Waals surface area contributed by atoms with E-state index in [0.29, 0.717) is 103 Å². The smallest absolute Gasteiger partial charge is 0.263 e. The van der Waals surface area contributed by atoms with Crippen LogP contribution in [-0.2, 0) is 26.2 Å². The molecule has 0 fully saturated rings. The van der Waals surface area contributed by atoms with Crippen molar-refractivity contribution in [3.63, 3.8) is 0 Å². The Labute approximate surface area is 810 Å². The van der Waals surface area contributed by atoms with Crippen LogP contribution < -0.4 is 9.47 Å². The minimum atomic E-state index is -0.463. The van der Waals surface area contributed by atoms with Gasteiger partial charge in [-0.05, 0) is 290 Å². The van der Waals surface area contributed by atoms with E-state index in [2.05, 4.69) is 134 Å². The third kappa shape index (κ3) is 19.3. The zero-order valence-corrected chi connectivity index (χ0v) is 80.1. The maximum Gasteiger partial charge on any atom is 0.263 e. The van der Waals surface area contributed by atoms with Crippen LogP contribution in [0.25, 0.3) is 175 Å². The van der Waals surface area contributed by atoms with E-state index in [1.165, 1.54) is 48.5 Å². The number of rotatable bonds is 20. The van der Waals surface area contributed by atoms with Crippen molar-refractivity contribution in [3.05, 3.63) is 400 Å². The molecule has 6 N–H and O–H groups in total. The van der Waals surface area contributed by atoms with Gasteiger partial charge in [-0.25, -0.2) is 17.6 Å². The number of aryl methyl sites for hydroxylation is 4. The summed E-state index contributed by atoms with van der Waals surface area (Å²) in [4.78, 5) is 0. The average Bonchev–Trinajstić information content (AvgIpc) is 0.756. The summed E-state index contributed by atoms with van der Waals surface area (Å²) in [6, 6.07) is 107. The molecule has 20 rings (SSSR count). The van der Waals surface area contributed by atoms with Gasteiger partial charge in [0.05, 0.1) is 23.3 Å². The van der Waals surface area contributed by atoms with Gasteiger partial charge >= 0.3 is 0 Å². The maximum atomic E-state index is 15.2. The molecule has 136 heavy (non-hydrogen) atoms. The van der Waals surface area contributed by atoms with Gasteiger partial charge in [-0.15, -0.1) is 12.3 Å². The predicted octanol–water partition coefficient (Wildman–Crippen LogP) is 33.1. The first kappa shape index (κ1) is 95.6. The van der Waals surface area contributed by atoms with Crippen molar-refractivity contribution in [2.24, 2.45) is 0 Å². The van der Waals surface area contributed by atoms with Crippen LogP contribution in [0, 0.1) is 78.2 Å². The number of hydrogen-bond acceptors (Lipinski definition) is 6. The Morgan fingerprint density at radius 1 is 0.272 bits per heavy atom. The molecule has 4 atom stereocenters. The molecule has 0 heterocycles. The van der Waals surface area contributed by atoms with Crippen molar-refractivity contribution in [1.29, 1.82) is 0 Å². The van der Waals surface area contributed by atoms with E-state index in [4.69, 9.17) is 18.9 Å². The van der Waals surface area contributed by atoms with E-state index < -0.39 is 35.5 Å². The fourth-order valence-electron chi connectivity index (χ4n) is 19.3. The number of phenols is 4. The first-order valence-electron chi connectivity index (χ1n) is 44.7. The monoisotopic (exact) mass is 1870 g/mol. The van der Waals surface area contributed by atoms with Crippen molar-refractivity contribution in [2.45, 2.75) is 99.6 Å². The number of hydrogen-bond donors (Lipinski definition) is 4. The number of fused-ring (bicyclic) bond motifs is 8. The number of terminal acetylenes is 1. The minimum absolute atomic E-state index is 0. The second-order valence-corrected chi connectivity index (χ2v) is 34.8. The molecule has 0 saturated carbocycles. The van der Waals surface area contributed by atoms with Crippen LogP contribution in [0.1, 0.15) is 69.7 Å². The van der Waals surface area contributed by atoms with Crippen LogP contribution in [0.3, 0.4) is 0 Å². The fourth-order valence-corrected chi connectivity index (χ4v) is 19.3. The molecule has 13 heteroatoms. The molecule has 0 radical (unpaired) electrons. The van der Waals surface area contributed by atoms with E-state index in [9.17, 15) is 20.4 Å². The van der Waals surface area contributed by atoms with Crippen LogP contribution in [-0.4, -0.2) is 54.3 Å². The summed E-state index contributed by atoms with van der Waals surface area (Å²) in [7, 11) is 0. The van der Waals surface area contributed by atoms with Gasteiger partial charge < -0.3 is 54.2 Å². The summed E-state index contributed by atoms with van der Waals surface area (Å²) in [6.07, 6.45) is 4.06. The predicted molar refractivity (Wildman–Crippen MR) is 554 cm³/mol. The Morgan fingerprint density at radius 2 is 0.471 bits per heavy atom. The number of ether oxygens (including phenoxy) is 4. The van der Waals surface area contributed by atoms with Crippen LogP contribution in [0.15, 0.2) is 340 Å². The van der Waals surface area contributed by atoms with Gasteiger partial charge in [0.25, 0.3) is 11.5 Å². The van der Waals surface area contributed by atoms with E-state index >= 15 is 17.6 Å². The number of phenolic OH excluding ortho intramolecular Hbond substituents is 4. The molecule has 0 aromatic heterocycles. The molecule has 0 amide bonds. The largest absolute Gasteiger partial charge is 0.580 e. The molecule has 676 valence electrons.